The van der Waals surface area contributed by atoms with E-state index >= 15 is 0 Å². The average molecular weight is 267 g/mol. The number of aryl methyl sites for hydroxylation is 1. The largest absolute Gasteiger partial charge is 0.479 e. The zero-order valence-electron chi connectivity index (χ0n) is 11.0. The number of nitrogens with zero attached hydrogens (tertiary/aromatic N) is 1. The van der Waals surface area contributed by atoms with Crippen LogP contribution in [0.15, 0.2) is 18.2 Å². The van der Waals surface area contributed by atoms with Crippen molar-refractivity contribution >= 4 is 11.7 Å². The molecule has 0 bridgehead atoms. The Hall–Kier alpha value is -2.11. The number of non-ortho nitro benzene ring substituents is 1. The van der Waals surface area contributed by atoms with Crippen LogP contribution in [-0.2, 0) is 4.79 Å². The predicted molar refractivity (Wildman–Crippen MR) is 69.4 cm³/mol. The van der Waals surface area contributed by atoms with E-state index in [1.54, 1.807) is 6.92 Å². The first-order valence-electron chi connectivity index (χ1n) is 6.10. The van der Waals surface area contributed by atoms with Crippen LogP contribution in [0.5, 0.6) is 5.75 Å². The zero-order chi connectivity index (χ0) is 14.4. The molecule has 0 spiro atoms. The second-order valence-corrected chi connectivity index (χ2v) is 4.29. The predicted octanol–water partition coefficient (Wildman–Crippen LogP) is 2.93. The number of nitro groups is 1. The minimum atomic E-state index is -1.02. The number of hydrogen-bond donors (Lipinski definition) is 1. The van der Waals surface area contributed by atoms with E-state index < -0.39 is 17.0 Å². The van der Waals surface area contributed by atoms with Crippen molar-refractivity contribution in [3.8, 4) is 5.75 Å². The van der Waals surface area contributed by atoms with E-state index in [1.165, 1.54) is 18.2 Å². The molecule has 0 heterocycles. The van der Waals surface area contributed by atoms with Crippen molar-refractivity contribution in [1.82, 2.24) is 0 Å². The van der Waals surface area contributed by atoms with Gasteiger partial charge in [-0.2, -0.15) is 0 Å². The van der Waals surface area contributed by atoms with Gasteiger partial charge in [0.25, 0.3) is 5.69 Å². The Kier molecular flexibility index (Phi) is 5.29. The summed E-state index contributed by atoms with van der Waals surface area (Å²) in [7, 11) is 0. The van der Waals surface area contributed by atoms with Crippen LogP contribution in [0.2, 0.25) is 0 Å². The number of carboxylic acid groups (broad SMARTS) is 1. The molecule has 1 unspecified atom stereocenters. The molecule has 0 saturated heterocycles. The molecule has 0 radical (unpaired) electrons. The summed E-state index contributed by atoms with van der Waals surface area (Å²) >= 11 is 0. The number of carbonyl (C=O) groups is 1. The van der Waals surface area contributed by atoms with Crippen LogP contribution >= 0.6 is 0 Å². The SMILES string of the molecule is CCCCC(Oc1ccc([N+](=O)[O-])cc1C)C(=O)O. The molecule has 104 valence electrons. The summed E-state index contributed by atoms with van der Waals surface area (Å²) in [6.45, 7) is 3.62. The topological polar surface area (TPSA) is 89.7 Å². The molecular weight excluding hydrogens is 250 g/mol. The highest BCUT2D eigenvalue weighted by Crippen LogP contribution is 2.25. The normalized spacial score (nSPS) is 11.9. The maximum atomic E-state index is 11.1. The maximum absolute atomic E-state index is 11.1. The van der Waals surface area contributed by atoms with Crippen molar-refractivity contribution in [2.45, 2.75) is 39.2 Å². The van der Waals surface area contributed by atoms with Crippen LogP contribution in [0.3, 0.4) is 0 Å². The number of hydrogen-bond acceptors (Lipinski definition) is 4. The number of unbranched alkanes of at least 4 members (excludes halogenated alkanes) is 1. The van der Waals surface area contributed by atoms with Crippen molar-refractivity contribution in [1.29, 1.82) is 0 Å². The molecule has 0 aliphatic heterocycles. The van der Waals surface area contributed by atoms with Crippen molar-refractivity contribution in [3.63, 3.8) is 0 Å². The van der Waals surface area contributed by atoms with Crippen molar-refractivity contribution in [3.05, 3.63) is 33.9 Å². The van der Waals surface area contributed by atoms with E-state index in [2.05, 4.69) is 0 Å². The number of carboxylic acids is 1. The highest BCUT2D eigenvalue weighted by molar-refractivity contribution is 5.72. The molecule has 0 aliphatic carbocycles. The van der Waals surface area contributed by atoms with Crippen LogP contribution in [0.1, 0.15) is 31.7 Å². The molecule has 0 fully saturated rings. The number of aliphatic carboxylic acids is 1. The van der Waals surface area contributed by atoms with Gasteiger partial charge in [-0.05, 0) is 31.4 Å². The Labute approximate surface area is 111 Å². The minimum absolute atomic E-state index is 0.0368. The standard InChI is InChI=1S/C13H17NO5/c1-3-4-5-12(13(15)16)19-11-7-6-10(14(17)18)8-9(11)2/h6-8,12H,3-5H2,1-2H3,(H,15,16). The smallest absolute Gasteiger partial charge is 0.344 e. The maximum Gasteiger partial charge on any atom is 0.344 e. The first kappa shape index (κ1) is 14.9. The zero-order valence-corrected chi connectivity index (χ0v) is 11.0. The van der Waals surface area contributed by atoms with Gasteiger partial charge in [0.05, 0.1) is 4.92 Å². The molecule has 0 amide bonds. The molecule has 0 aromatic heterocycles. The molecule has 1 atom stereocenters. The third-order valence-corrected chi connectivity index (χ3v) is 2.73. The Morgan fingerprint density at radius 2 is 2.21 bits per heavy atom. The van der Waals surface area contributed by atoms with Gasteiger partial charge in [-0.1, -0.05) is 13.3 Å². The molecule has 6 heteroatoms. The van der Waals surface area contributed by atoms with Gasteiger partial charge < -0.3 is 9.84 Å². The molecule has 1 aromatic rings. The third kappa shape index (κ3) is 4.24. The van der Waals surface area contributed by atoms with Gasteiger partial charge in [-0.15, -0.1) is 0 Å². The van der Waals surface area contributed by atoms with Gasteiger partial charge in [0.15, 0.2) is 6.10 Å². The van der Waals surface area contributed by atoms with E-state index in [9.17, 15) is 14.9 Å². The number of nitro benzene ring substituents is 1. The summed E-state index contributed by atoms with van der Waals surface area (Å²) in [5.41, 5.74) is 0.516. The van der Waals surface area contributed by atoms with E-state index in [1.807, 2.05) is 6.92 Å². The number of ether oxygens (including phenoxy) is 1. The van der Waals surface area contributed by atoms with Crippen LogP contribution in [0.25, 0.3) is 0 Å². The summed E-state index contributed by atoms with van der Waals surface area (Å²) in [5, 5.41) is 19.7. The summed E-state index contributed by atoms with van der Waals surface area (Å²) in [5.74, 6) is -0.652. The fraction of sp³-hybridized carbons (Fsp3) is 0.462. The summed E-state index contributed by atoms with van der Waals surface area (Å²) in [4.78, 5) is 21.2. The van der Waals surface area contributed by atoms with Gasteiger partial charge in [0.1, 0.15) is 5.75 Å². The Morgan fingerprint density at radius 3 is 2.68 bits per heavy atom. The first-order chi connectivity index (χ1) is 8.95. The summed E-state index contributed by atoms with van der Waals surface area (Å²) in [6, 6.07) is 4.12. The molecule has 0 aliphatic rings. The highest BCUT2D eigenvalue weighted by Gasteiger charge is 2.20. The quantitative estimate of drug-likeness (QED) is 0.606. The molecule has 19 heavy (non-hydrogen) atoms. The first-order valence-corrected chi connectivity index (χ1v) is 6.10. The fourth-order valence-electron chi connectivity index (χ4n) is 1.65. The fourth-order valence-corrected chi connectivity index (χ4v) is 1.65. The van der Waals surface area contributed by atoms with Gasteiger partial charge in [-0.3, -0.25) is 10.1 Å². The number of benzene rings is 1. The van der Waals surface area contributed by atoms with Gasteiger partial charge >= 0.3 is 5.97 Å². The average Bonchev–Trinajstić information content (AvgIpc) is 2.35. The van der Waals surface area contributed by atoms with Crippen molar-refractivity contribution in [2.75, 3.05) is 0 Å². The van der Waals surface area contributed by atoms with Crippen LogP contribution in [0.4, 0.5) is 5.69 Å². The lowest BCUT2D eigenvalue weighted by Crippen LogP contribution is -2.27. The molecule has 1 N–H and O–H groups in total. The molecule has 0 saturated carbocycles. The monoisotopic (exact) mass is 267 g/mol. The number of rotatable bonds is 7. The summed E-state index contributed by atoms with van der Waals surface area (Å²) < 4.78 is 5.42. The second-order valence-electron chi connectivity index (χ2n) is 4.29. The van der Waals surface area contributed by atoms with Crippen molar-refractivity contribution < 1.29 is 19.6 Å². The molecule has 1 aromatic carbocycles. The van der Waals surface area contributed by atoms with Gasteiger partial charge in [0.2, 0.25) is 0 Å². The lowest BCUT2D eigenvalue weighted by atomic mass is 10.1. The Bertz CT molecular complexity index is 472. The van der Waals surface area contributed by atoms with Crippen LogP contribution < -0.4 is 4.74 Å². The lowest BCUT2D eigenvalue weighted by Gasteiger charge is -2.16. The van der Waals surface area contributed by atoms with E-state index in [-0.39, 0.29) is 5.69 Å². The van der Waals surface area contributed by atoms with E-state index in [0.29, 0.717) is 17.7 Å². The van der Waals surface area contributed by atoms with Gasteiger partial charge in [0, 0.05) is 12.1 Å². The van der Waals surface area contributed by atoms with Crippen LogP contribution in [0, 0.1) is 17.0 Å². The second kappa shape index (κ2) is 6.72. The Balaban J connectivity index is 2.84. The van der Waals surface area contributed by atoms with E-state index in [4.69, 9.17) is 9.84 Å². The van der Waals surface area contributed by atoms with Crippen molar-refractivity contribution in [2.24, 2.45) is 0 Å². The van der Waals surface area contributed by atoms with Crippen LogP contribution in [-0.4, -0.2) is 22.1 Å². The highest BCUT2D eigenvalue weighted by atomic mass is 16.6. The summed E-state index contributed by atoms with van der Waals surface area (Å²) in [6.07, 6.45) is 1.14. The van der Waals surface area contributed by atoms with E-state index in [0.717, 1.165) is 12.8 Å². The Morgan fingerprint density at radius 1 is 1.53 bits per heavy atom. The lowest BCUT2D eigenvalue weighted by molar-refractivity contribution is -0.384. The van der Waals surface area contributed by atoms with Gasteiger partial charge in [-0.25, -0.2) is 4.79 Å². The molecule has 6 nitrogen and oxygen atoms in total. The third-order valence-electron chi connectivity index (χ3n) is 2.73. The minimum Gasteiger partial charge on any atom is -0.479 e. The molecule has 1 rings (SSSR count). The molecular formula is C13H17NO5.